The summed E-state index contributed by atoms with van der Waals surface area (Å²) < 4.78 is 40.5. The molecular weight excluding hydrogens is 167 g/mol. The van der Waals surface area contributed by atoms with E-state index >= 15 is 0 Å². The molecule has 1 unspecified atom stereocenters. The fourth-order valence-electron chi connectivity index (χ4n) is 0.542. The highest BCUT2D eigenvalue weighted by molar-refractivity contribution is 7.97. The molecule has 1 atom stereocenters. The Morgan fingerprint density at radius 3 is 2.70 bits per heavy atom. The van der Waals surface area contributed by atoms with E-state index in [4.69, 9.17) is 0 Å². The lowest BCUT2D eigenvalue weighted by atomic mass is 10.4. The topological polar surface area (TPSA) is 21.3 Å². The fraction of sp³-hybridized carbons (Fsp3) is 0.750. The van der Waals surface area contributed by atoms with Crippen LogP contribution in [0.15, 0.2) is 0 Å². The van der Waals surface area contributed by atoms with Gasteiger partial charge >= 0.3 is 6.36 Å². The van der Waals surface area contributed by atoms with Crippen molar-refractivity contribution >= 4 is 11.9 Å². The summed E-state index contributed by atoms with van der Waals surface area (Å²) in [5.41, 5.74) is 0. The lowest BCUT2D eigenvalue weighted by molar-refractivity contribution is -0.335. The van der Waals surface area contributed by atoms with E-state index in [1.165, 1.54) is 18.5 Å². The summed E-state index contributed by atoms with van der Waals surface area (Å²) in [7, 11) is 0. The first-order valence-corrected chi connectivity index (χ1v) is 3.52. The lowest BCUT2D eigenvalue weighted by Crippen LogP contribution is -2.24. The Kier molecular flexibility index (Phi) is 2.43. The second kappa shape index (κ2) is 2.98. The third-order valence-electron chi connectivity index (χ3n) is 0.870. The summed E-state index contributed by atoms with van der Waals surface area (Å²) >= 11 is 1.19. The standard InChI is InChI=1S/C4H5F3NOS/c5-4(6,7)9-3-1-8-10-2-3/h1,3,8H,2H2. The van der Waals surface area contributed by atoms with E-state index in [0.29, 0.717) is 5.75 Å². The molecule has 0 bridgehead atoms. The highest BCUT2D eigenvalue weighted by atomic mass is 32.2. The first kappa shape index (κ1) is 8.16. The number of ether oxygens (including phenoxy) is 1. The van der Waals surface area contributed by atoms with Crippen LogP contribution < -0.4 is 4.72 Å². The zero-order valence-corrected chi connectivity index (χ0v) is 5.63. The predicted octanol–water partition coefficient (Wildman–Crippen LogP) is 1.30. The average molecular weight is 172 g/mol. The van der Waals surface area contributed by atoms with Crippen molar-refractivity contribution < 1.29 is 17.9 Å². The van der Waals surface area contributed by atoms with E-state index < -0.39 is 12.5 Å². The van der Waals surface area contributed by atoms with Crippen molar-refractivity contribution in [1.82, 2.24) is 4.72 Å². The number of nitrogens with one attached hydrogen (secondary N) is 1. The zero-order chi connectivity index (χ0) is 7.61. The fourth-order valence-corrected chi connectivity index (χ4v) is 1.21. The van der Waals surface area contributed by atoms with Crippen LogP contribution in [0, 0.1) is 6.54 Å². The maximum Gasteiger partial charge on any atom is 0.522 e. The highest BCUT2D eigenvalue weighted by Gasteiger charge is 2.34. The first-order valence-electron chi connectivity index (χ1n) is 2.53. The van der Waals surface area contributed by atoms with Gasteiger partial charge in [-0.3, -0.25) is 9.46 Å². The molecule has 2 nitrogen and oxygen atoms in total. The number of hydrogen-bond acceptors (Lipinski definition) is 3. The van der Waals surface area contributed by atoms with Gasteiger partial charge in [-0.15, -0.1) is 13.2 Å². The molecule has 1 fully saturated rings. The van der Waals surface area contributed by atoms with Crippen molar-refractivity contribution in [2.75, 3.05) is 5.75 Å². The van der Waals surface area contributed by atoms with Crippen LogP contribution in [0.5, 0.6) is 0 Å². The molecule has 0 saturated carbocycles. The quantitative estimate of drug-likeness (QED) is 0.602. The van der Waals surface area contributed by atoms with E-state index in [9.17, 15) is 13.2 Å². The van der Waals surface area contributed by atoms with Crippen molar-refractivity contribution in [2.45, 2.75) is 12.5 Å². The molecule has 1 rings (SSSR count). The Hall–Kier alpha value is 0.0600. The molecule has 1 radical (unpaired) electrons. The predicted molar refractivity (Wildman–Crippen MR) is 30.8 cm³/mol. The molecule has 0 aromatic rings. The van der Waals surface area contributed by atoms with Crippen LogP contribution >= 0.6 is 11.9 Å². The molecule has 0 aromatic heterocycles. The normalized spacial score (nSPS) is 27.3. The zero-order valence-electron chi connectivity index (χ0n) is 4.81. The molecule has 1 saturated heterocycles. The Morgan fingerprint density at radius 1 is 1.60 bits per heavy atom. The monoisotopic (exact) mass is 172 g/mol. The van der Waals surface area contributed by atoms with Crippen LogP contribution in [0.2, 0.25) is 0 Å². The third kappa shape index (κ3) is 2.76. The molecule has 1 aliphatic heterocycles. The molecule has 0 aliphatic carbocycles. The van der Waals surface area contributed by atoms with Gasteiger partial charge < -0.3 is 0 Å². The summed E-state index contributed by atoms with van der Waals surface area (Å²) in [4.78, 5) is 0. The molecule has 0 spiro atoms. The van der Waals surface area contributed by atoms with E-state index in [0.717, 1.165) is 0 Å². The third-order valence-corrected chi connectivity index (χ3v) is 1.67. The van der Waals surface area contributed by atoms with E-state index in [1.54, 1.807) is 0 Å². The summed E-state index contributed by atoms with van der Waals surface area (Å²) in [5, 5.41) is 0. The molecule has 6 heteroatoms. The van der Waals surface area contributed by atoms with Gasteiger partial charge in [-0.2, -0.15) is 0 Å². The second-order valence-electron chi connectivity index (χ2n) is 1.70. The molecule has 0 amide bonds. The van der Waals surface area contributed by atoms with Gasteiger partial charge in [0, 0.05) is 5.75 Å². The van der Waals surface area contributed by atoms with Crippen LogP contribution in [-0.4, -0.2) is 18.2 Å². The Morgan fingerprint density at radius 2 is 2.30 bits per heavy atom. The van der Waals surface area contributed by atoms with Crippen LogP contribution in [0.1, 0.15) is 0 Å². The summed E-state index contributed by atoms with van der Waals surface area (Å²) in [6.45, 7) is 1.28. The number of hydrogen-bond donors (Lipinski definition) is 1. The van der Waals surface area contributed by atoms with Crippen LogP contribution in [-0.2, 0) is 4.74 Å². The smallest absolute Gasteiger partial charge is 0.286 e. The SMILES string of the molecule is FC(F)(F)OC1[CH]NSC1. The van der Waals surface area contributed by atoms with Gasteiger partial charge in [0.05, 0.1) is 12.6 Å². The lowest BCUT2D eigenvalue weighted by Gasteiger charge is -2.10. The van der Waals surface area contributed by atoms with Gasteiger partial charge in [0.25, 0.3) is 0 Å². The van der Waals surface area contributed by atoms with Gasteiger partial charge in [-0.25, -0.2) is 0 Å². The number of rotatable bonds is 1. The Bertz CT molecular complexity index is 112. The summed E-state index contributed by atoms with van der Waals surface area (Å²) in [5.74, 6) is 0.305. The van der Waals surface area contributed by atoms with Gasteiger partial charge in [-0.1, -0.05) is 11.9 Å². The van der Waals surface area contributed by atoms with Crippen molar-refractivity contribution in [2.24, 2.45) is 0 Å². The molecule has 1 N–H and O–H groups in total. The van der Waals surface area contributed by atoms with Crippen molar-refractivity contribution in [3.8, 4) is 0 Å². The minimum atomic E-state index is -4.52. The Balaban J connectivity index is 2.24. The molecular formula is C4H5F3NOS. The largest absolute Gasteiger partial charge is 0.522 e. The maximum atomic E-state index is 11.4. The van der Waals surface area contributed by atoms with Crippen molar-refractivity contribution in [1.29, 1.82) is 0 Å². The highest BCUT2D eigenvalue weighted by Crippen LogP contribution is 2.23. The van der Waals surface area contributed by atoms with E-state index in [2.05, 4.69) is 9.46 Å². The van der Waals surface area contributed by atoms with Crippen molar-refractivity contribution in [3.63, 3.8) is 0 Å². The molecule has 1 aliphatic rings. The summed E-state index contributed by atoms with van der Waals surface area (Å²) in [6.07, 6.45) is -5.36. The Labute approximate surface area is 60.2 Å². The minimum Gasteiger partial charge on any atom is -0.286 e. The van der Waals surface area contributed by atoms with E-state index in [-0.39, 0.29) is 0 Å². The molecule has 1 heterocycles. The minimum absolute atomic E-state index is 0.305. The van der Waals surface area contributed by atoms with Gasteiger partial charge in [-0.05, 0) is 0 Å². The molecule has 10 heavy (non-hydrogen) atoms. The van der Waals surface area contributed by atoms with Gasteiger partial charge in [0.1, 0.15) is 0 Å². The summed E-state index contributed by atoms with van der Waals surface area (Å²) in [6, 6.07) is 0. The average Bonchev–Trinajstić information content (AvgIpc) is 2.12. The van der Waals surface area contributed by atoms with Gasteiger partial charge in [0.15, 0.2) is 0 Å². The molecule has 59 valence electrons. The number of alkyl halides is 3. The van der Waals surface area contributed by atoms with Gasteiger partial charge in [0.2, 0.25) is 0 Å². The maximum absolute atomic E-state index is 11.4. The first-order chi connectivity index (χ1) is 4.58. The van der Waals surface area contributed by atoms with Crippen LogP contribution in [0.25, 0.3) is 0 Å². The van der Waals surface area contributed by atoms with Crippen molar-refractivity contribution in [3.05, 3.63) is 6.54 Å². The number of halogens is 3. The second-order valence-corrected chi connectivity index (χ2v) is 2.56. The molecule has 0 aromatic carbocycles. The van der Waals surface area contributed by atoms with E-state index in [1.807, 2.05) is 0 Å². The van der Waals surface area contributed by atoms with Crippen LogP contribution in [0.3, 0.4) is 0 Å². The van der Waals surface area contributed by atoms with Crippen LogP contribution in [0.4, 0.5) is 13.2 Å².